The van der Waals surface area contributed by atoms with Gasteiger partial charge >= 0.3 is 6.03 Å². The first kappa shape index (κ1) is 9.49. The van der Waals surface area contributed by atoms with Crippen LogP contribution in [-0.2, 0) is 4.79 Å². The van der Waals surface area contributed by atoms with Gasteiger partial charge in [0.1, 0.15) is 5.78 Å². The third-order valence-electron chi connectivity index (χ3n) is 3.20. The van der Waals surface area contributed by atoms with E-state index in [0.717, 1.165) is 25.9 Å². The Morgan fingerprint density at radius 2 is 1.79 bits per heavy atom. The molecule has 2 aliphatic rings. The molecular formula is C10H16N2O2. The van der Waals surface area contributed by atoms with Crippen LogP contribution in [0.25, 0.3) is 0 Å². The molecule has 2 fully saturated rings. The average molecular weight is 196 g/mol. The number of amides is 2. The summed E-state index contributed by atoms with van der Waals surface area (Å²) < 4.78 is 0. The van der Waals surface area contributed by atoms with Gasteiger partial charge in [-0.15, -0.1) is 0 Å². The maximum absolute atomic E-state index is 11.7. The monoisotopic (exact) mass is 196 g/mol. The maximum Gasteiger partial charge on any atom is 0.320 e. The topological polar surface area (TPSA) is 40.6 Å². The molecule has 1 aliphatic carbocycles. The van der Waals surface area contributed by atoms with Crippen molar-refractivity contribution in [2.24, 2.45) is 0 Å². The van der Waals surface area contributed by atoms with Crippen LogP contribution in [0.1, 0.15) is 25.7 Å². The zero-order valence-corrected chi connectivity index (χ0v) is 8.53. The second kappa shape index (κ2) is 3.59. The summed E-state index contributed by atoms with van der Waals surface area (Å²) in [6.07, 6.45) is 3.02. The van der Waals surface area contributed by atoms with Crippen LogP contribution >= 0.6 is 0 Å². The molecule has 1 heterocycles. The second-order valence-corrected chi connectivity index (χ2v) is 4.17. The molecule has 0 bridgehead atoms. The lowest BCUT2D eigenvalue weighted by Gasteiger charge is -2.29. The fraction of sp³-hybridized carbons (Fsp3) is 0.800. The van der Waals surface area contributed by atoms with Gasteiger partial charge in [-0.2, -0.15) is 0 Å². The zero-order valence-electron chi connectivity index (χ0n) is 8.53. The summed E-state index contributed by atoms with van der Waals surface area (Å²) in [5.41, 5.74) is 0. The highest BCUT2D eigenvalue weighted by atomic mass is 16.2. The van der Waals surface area contributed by atoms with Gasteiger partial charge in [0.25, 0.3) is 0 Å². The molecule has 0 aromatic rings. The number of ketones is 1. The predicted octanol–water partition coefficient (Wildman–Crippen LogP) is 0.865. The molecule has 78 valence electrons. The summed E-state index contributed by atoms with van der Waals surface area (Å²) in [6, 6.07) is 0.439. The van der Waals surface area contributed by atoms with Crippen molar-refractivity contribution >= 4 is 11.8 Å². The Labute approximate surface area is 83.9 Å². The Balaban J connectivity index is 1.96. The van der Waals surface area contributed by atoms with Crippen LogP contribution in [0.2, 0.25) is 0 Å². The molecule has 0 unspecified atom stereocenters. The molecule has 0 aromatic heterocycles. The summed E-state index contributed by atoms with van der Waals surface area (Å²) >= 11 is 0. The summed E-state index contributed by atoms with van der Waals surface area (Å²) in [7, 11) is 1.83. The largest absolute Gasteiger partial charge is 0.326 e. The Morgan fingerprint density at radius 1 is 1.14 bits per heavy atom. The van der Waals surface area contributed by atoms with Gasteiger partial charge in [0.15, 0.2) is 0 Å². The van der Waals surface area contributed by atoms with E-state index in [0.29, 0.717) is 24.7 Å². The van der Waals surface area contributed by atoms with Crippen LogP contribution in [-0.4, -0.2) is 47.8 Å². The molecule has 0 aromatic carbocycles. The number of urea groups is 1. The first-order valence-corrected chi connectivity index (χ1v) is 5.22. The van der Waals surface area contributed by atoms with Gasteiger partial charge in [0.05, 0.1) is 0 Å². The molecule has 4 heteroatoms. The highest BCUT2D eigenvalue weighted by Gasteiger charge is 2.33. The van der Waals surface area contributed by atoms with Crippen LogP contribution in [0.3, 0.4) is 0 Å². The molecule has 1 saturated carbocycles. The predicted molar refractivity (Wildman–Crippen MR) is 52.0 cm³/mol. The molecule has 0 atom stereocenters. The third kappa shape index (κ3) is 1.61. The minimum Gasteiger partial charge on any atom is -0.326 e. The van der Waals surface area contributed by atoms with Crippen LogP contribution in [0.4, 0.5) is 4.79 Å². The smallest absolute Gasteiger partial charge is 0.320 e. The Hall–Kier alpha value is -1.06. The standard InChI is InChI=1S/C10H16N2O2/c1-11-6-7-12(10(11)14)8-2-4-9(13)5-3-8/h8H,2-7H2,1H3. The number of likely N-dealkylation sites (N-methyl/N-ethyl adjacent to an activating group) is 1. The van der Waals surface area contributed by atoms with Gasteiger partial charge in [-0.05, 0) is 12.8 Å². The summed E-state index contributed by atoms with van der Waals surface area (Å²) in [6.45, 7) is 1.65. The van der Waals surface area contributed by atoms with Gasteiger partial charge in [0.2, 0.25) is 0 Å². The highest BCUT2D eigenvalue weighted by molar-refractivity contribution is 5.80. The molecule has 2 rings (SSSR count). The summed E-state index contributed by atoms with van der Waals surface area (Å²) in [4.78, 5) is 26.4. The lowest BCUT2D eigenvalue weighted by Crippen LogP contribution is -2.40. The van der Waals surface area contributed by atoms with E-state index in [2.05, 4.69) is 0 Å². The van der Waals surface area contributed by atoms with Gasteiger partial charge in [-0.25, -0.2) is 4.79 Å². The molecule has 2 amide bonds. The molecule has 4 nitrogen and oxygen atoms in total. The normalized spacial score (nSPS) is 24.9. The number of hydrogen-bond donors (Lipinski definition) is 0. The van der Waals surface area contributed by atoms with E-state index < -0.39 is 0 Å². The van der Waals surface area contributed by atoms with Gasteiger partial charge in [-0.1, -0.05) is 0 Å². The third-order valence-corrected chi connectivity index (χ3v) is 3.20. The van der Waals surface area contributed by atoms with Crippen molar-refractivity contribution in [3.8, 4) is 0 Å². The van der Waals surface area contributed by atoms with Crippen LogP contribution in [0.15, 0.2) is 0 Å². The molecule has 0 N–H and O–H groups in total. The van der Waals surface area contributed by atoms with Crippen LogP contribution in [0, 0.1) is 0 Å². The molecule has 1 aliphatic heterocycles. The summed E-state index contributed by atoms with van der Waals surface area (Å²) in [5.74, 6) is 0.348. The van der Waals surface area contributed by atoms with Crippen molar-refractivity contribution in [1.82, 2.24) is 9.80 Å². The quantitative estimate of drug-likeness (QED) is 0.624. The Morgan fingerprint density at radius 3 is 2.29 bits per heavy atom. The highest BCUT2D eigenvalue weighted by Crippen LogP contribution is 2.23. The van der Waals surface area contributed by atoms with Crippen molar-refractivity contribution in [1.29, 1.82) is 0 Å². The lowest BCUT2D eigenvalue weighted by atomic mass is 9.93. The van der Waals surface area contributed by atoms with E-state index >= 15 is 0 Å². The molecule has 0 spiro atoms. The zero-order chi connectivity index (χ0) is 10.1. The average Bonchev–Trinajstić information content (AvgIpc) is 2.50. The van der Waals surface area contributed by atoms with Crippen molar-refractivity contribution in [2.45, 2.75) is 31.7 Å². The number of Topliss-reactive ketones (excluding diaryl/α,β-unsaturated/α-hetero) is 1. The maximum atomic E-state index is 11.7. The van der Waals surface area contributed by atoms with Crippen LogP contribution in [0.5, 0.6) is 0 Å². The number of carbonyl (C=O) groups excluding carboxylic acids is 2. The fourth-order valence-corrected chi connectivity index (χ4v) is 2.24. The van der Waals surface area contributed by atoms with Crippen molar-refractivity contribution in [3.05, 3.63) is 0 Å². The number of nitrogens with zero attached hydrogens (tertiary/aromatic N) is 2. The van der Waals surface area contributed by atoms with Crippen molar-refractivity contribution < 1.29 is 9.59 Å². The van der Waals surface area contributed by atoms with E-state index in [4.69, 9.17) is 0 Å². The Bertz CT molecular complexity index is 255. The molecule has 0 radical (unpaired) electrons. The molecular weight excluding hydrogens is 180 g/mol. The fourth-order valence-electron chi connectivity index (χ4n) is 2.24. The van der Waals surface area contributed by atoms with Gasteiger partial charge < -0.3 is 9.80 Å². The number of carbonyl (C=O) groups is 2. The van der Waals surface area contributed by atoms with E-state index in [1.807, 2.05) is 11.9 Å². The van der Waals surface area contributed by atoms with E-state index in [9.17, 15) is 9.59 Å². The van der Waals surface area contributed by atoms with Gasteiger partial charge in [-0.3, -0.25) is 4.79 Å². The van der Waals surface area contributed by atoms with Crippen molar-refractivity contribution in [2.75, 3.05) is 20.1 Å². The minimum atomic E-state index is 0.129. The number of rotatable bonds is 1. The Kier molecular flexibility index (Phi) is 2.44. The molecule has 1 saturated heterocycles. The van der Waals surface area contributed by atoms with E-state index in [1.54, 1.807) is 4.90 Å². The van der Waals surface area contributed by atoms with E-state index in [1.165, 1.54) is 0 Å². The van der Waals surface area contributed by atoms with Crippen LogP contribution < -0.4 is 0 Å². The number of hydrogen-bond acceptors (Lipinski definition) is 2. The SMILES string of the molecule is CN1CCN(C2CCC(=O)CC2)C1=O. The van der Waals surface area contributed by atoms with Gasteiger partial charge in [0, 0.05) is 39.0 Å². The van der Waals surface area contributed by atoms with Crippen molar-refractivity contribution in [3.63, 3.8) is 0 Å². The minimum absolute atomic E-state index is 0.129. The summed E-state index contributed by atoms with van der Waals surface area (Å²) in [5, 5.41) is 0. The van der Waals surface area contributed by atoms with E-state index in [-0.39, 0.29) is 6.03 Å². The first-order valence-electron chi connectivity index (χ1n) is 5.22. The molecule has 14 heavy (non-hydrogen) atoms. The lowest BCUT2D eigenvalue weighted by molar-refractivity contribution is -0.121. The second-order valence-electron chi connectivity index (χ2n) is 4.17. The first-order chi connectivity index (χ1) is 6.68.